The number of nitrogens with zero attached hydrogens (tertiary/aromatic N) is 2. The Labute approximate surface area is 103 Å². The fraction of sp³-hybridized carbons (Fsp3) is 0.333. The highest BCUT2D eigenvalue weighted by Gasteiger charge is 2.20. The molecular weight excluding hydrogens is 237 g/mol. The molecule has 0 amide bonds. The average Bonchev–Trinajstić information content (AvgIpc) is 2.81. The molecule has 0 bridgehead atoms. The van der Waals surface area contributed by atoms with E-state index in [0.29, 0.717) is 17.0 Å². The van der Waals surface area contributed by atoms with Gasteiger partial charge in [0.05, 0.1) is 6.10 Å². The number of aryl methyl sites for hydroxylation is 1. The zero-order valence-corrected chi connectivity index (χ0v) is 10.1. The number of hydrogen-bond acceptors (Lipinski definition) is 5. The molecule has 0 aliphatic rings. The second-order valence-electron chi connectivity index (χ2n) is 4.19. The Kier molecular flexibility index (Phi) is 3.40. The van der Waals surface area contributed by atoms with Gasteiger partial charge in [-0.3, -0.25) is 0 Å². The molecule has 0 radical (unpaired) electrons. The zero-order valence-electron chi connectivity index (χ0n) is 10.1. The summed E-state index contributed by atoms with van der Waals surface area (Å²) in [7, 11) is 0. The average molecular weight is 251 g/mol. The molecule has 0 aliphatic carbocycles. The maximum Gasteiger partial charge on any atom is 0.246 e. The first kappa shape index (κ1) is 12.7. The number of benzene rings is 1. The van der Waals surface area contributed by atoms with E-state index in [1.54, 1.807) is 19.1 Å². The van der Waals surface area contributed by atoms with Gasteiger partial charge in [0.15, 0.2) is 0 Å². The largest absolute Gasteiger partial charge is 0.391 e. The third-order valence-corrected chi connectivity index (χ3v) is 2.66. The van der Waals surface area contributed by atoms with Gasteiger partial charge in [-0.15, -0.1) is 0 Å². The summed E-state index contributed by atoms with van der Waals surface area (Å²) in [5, 5.41) is 13.1. The van der Waals surface area contributed by atoms with Crippen molar-refractivity contribution in [3.8, 4) is 11.4 Å². The van der Waals surface area contributed by atoms with Crippen molar-refractivity contribution < 1.29 is 14.0 Å². The molecule has 0 saturated carbocycles. The summed E-state index contributed by atoms with van der Waals surface area (Å²) in [5.74, 6) is 0.189. The van der Waals surface area contributed by atoms with Crippen LogP contribution in [0.4, 0.5) is 4.39 Å². The van der Waals surface area contributed by atoms with Crippen molar-refractivity contribution in [3.05, 3.63) is 35.5 Å². The van der Waals surface area contributed by atoms with E-state index in [0.717, 1.165) is 0 Å². The molecule has 0 saturated heterocycles. The summed E-state index contributed by atoms with van der Waals surface area (Å²) < 4.78 is 18.1. The van der Waals surface area contributed by atoms with Crippen molar-refractivity contribution in [2.45, 2.75) is 26.0 Å². The Balaban J connectivity index is 2.32. The van der Waals surface area contributed by atoms with E-state index in [1.807, 2.05) is 0 Å². The fourth-order valence-electron chi connectivity index (χ4n) is 1.48. The van der Waals surface area contributed by atoms with Crippen molar-refractivity contribution >= 4 is 0 Å². The van der Waals surface area contributed by atoms with E-state index in [2.05, 4.69) is 10.1 Å². The van der Waals surface area contributed by atoms with Crippen LogP contribution in [-0.4, -0.2) is 21.4 Å². The molecule has 2 unspecified atom stereocenters. The van der Waals surface area contributed by atoms with Crippen LogP contribution in [0, 0.1) is 12.7 Å². The fourth-order valence-corrected chi connectivity index (χ4v) is 1.48. The standard InChI is InChI=1S/C12H14FN3O2/c1-6-5-8(3-4-9(6)13)11-15-12(18-16-11)10(14)7(2)17/h3-5,7,10,17H,14H2,1-2H3. The van der Waals surface area contributed by atoms with Crippen LogP contribution in [-0.2, 0) is 0 Å². The van der Waals surface area contributed by atoms with Crippen LogP contribution >= 0.6 is 0 Å². The van der Waals surface area contributed by atoms with Crippen LogP contribution < -0.4 is 5.73 Å². The highest BCUT2D eigenvalue weighted by molar-refractivity contribution is 5.55. The van der Waals surface area contributed by atoms with E-state index < -0.39 is 12.1 Å². The highest BCUT2D eigenvalue weighted by atomic mass is 19.1. The summed E-state index contributed by atoms with van der Waals surface area (Å²) in [6, 6.07) is 3.80. The first-order chi connectivity index (χ1) is 8.49. The van der Waals surface area contributed by atoms with Crippen molar-refractivity contribution in [2.24, 2.45) is 5.73 Å². The lowest BCUT2D eigenvalue weighted by atomic mass is 10.1. The van der Waals surface area contributed by atoms with Gasteiger partial charge < -0.3 is 15.4 Å². The Morgan fingerprint density at radius 3 is 2.78 bits per heavy atom. The maximum absolute atomic E-state index is 13.1. The number of aliphatic hydroxyl groups excluding tert-OH is 1. The predicted octanol–water partition coefficient (Wildman–Crippen LogP) is 1.56. The van der Waals surface area contributed by atoms with E-state index in [9.17, 15) is 9.50 Å². The van der Waals surface area contributed by atoms with Crippen LogP contribution in [0.2, 0.25) is 0 Å². The van der Waals surface area contributed by atoms with Gasteiger partial charge in [-0.1, -0.05) is 5.16 Å². The minimum atomic E-state index is -0.784. The summed E-state index contributed by atoms with van der Waals surface area (Å²) in [6.07, 6.45) is -0.784. The van der Waals surface area contributed by atoms with Gasteiger partial charge in [0.25, 0.3) is 0 Å². The SMILES string of the molecule is Cc1cc(-c2noc(C(N)C(C)O)n2)ccc1F. The molecule has 96 valence electrons. The first-order valence-corrected chi connectivity index (χ1v) is 5.53. The van der Waals surface area contributed by atoms with Crippen molar-refractivity contribution in [3.63, 3.8) is 0 Å². The molecule has 1 aromatic carbocycles. The van der Waals surface area contributed by atoms with Gasteiger partial charge in [-0.05, 0) is 37.6 Å². The van der Waals surface area contributed by atoms with E-state index in [4.69, 9.17) is 10.3 Å². The lowest BCUT2D eigenvalue weighted by Crippen LogP contribution is -2.23. The Morgan fingerprint density at radius 1 is 1.44 bits per heavy atom. The first-order valence-electron chi connectivity index (χ1n) is 5.53. The molecule has 2 atom stereocenters. The molecule has 0 fully saturated rings. The third-order valence-electron chi connectivity index (χ3n) is 2.66. The molecule has 3 N–H and O–H groups in total. The zero-order chi connectivity index (χ0) is 13.3. The quantitative estimate of drug-likeness (QED) is 0.864. The van der Waals surface area contributed by atoms with Gasteiger partial charge in [0.1, 0.15) is 11.9 Å². The molecule has 0 spiro atoms. The predicted molar refractivity (Wildman–Crippen MR) is 63.0 cm³/mol. The minimum Gasteiger partial charge on any atom is -0.391 e. The van der Waals surface area contributed by atoms with Crippen molar-refractivity contribution in [2.75, 3.05) is 0 Å². The second-order valence-corrected chi connectivity index (χ2v) is 4.19. The topological polar surface area (TPSA) is 85.2 Å². The smallest absolute Gasteiger partial charge is 0.246 e. The number of aromatic nitrogens is 2. The second kappa shape index (κ2) is 4.83. The van der Waals surface area contributed by atoms with Crippen LogP contribution in [0.1, 0.15) is 24.4 Å². The molecule has 0 aliphatic heterocycles. The molecule has 1 heterocycles. The summed E-state index contributed by atoms with van der Waals surface area (Å²) >= 11 is 0. The van der Waals surface area contributed by atoms with E-state index in [1.165, 1.54) is 13.0 Å². The normalized spacial score (nSPS) is 14.5. The molecule has 5 nitrogen and oxygen atoms in total. The molecule has 18 heavy (non-hydrogen) atoms. The van der Waals surface area contributed by atoms with Gasteiger partial charge in [-0.25, -0.2) is 4.39 Å². The number of rotatable bonds is 3. The molecule has 2 aromatic rings. The molecule has 6 heteroatoms. The highest BCUT2D eigenvalue weighted by Crippen LogP contribution is 2.21. The third kappa shape index (κ3) is 2.39. The van der Waals surface area contributed by atoms with Crippen molar-refractivity contribution in [1.29, 1.82) is 0 Å². The van der Waals surface area contributed by atoms with Crippen LogP contribution in [0.5, 0.6) is 0 Å². The lowest BCUT2D eigenvalue weighted by Gasteiger charge is -2.08. The summed E-state index contributed by atoms with van der Waals surface area (Å²) in [6.45, 7) is 3.19. The van der Waals surface area contributed by atoms with Crippen LogP contribution in [0.15, 0.2) is 22.7 Å². The molecule has 2 rings (SSSR count). The number of nitrogens with two attached hydrogens (primary N) is 1. The minimum absolute atomic E-state index is 0.155. The molecule has 1 aromatic heterocycles. The Bertz CT molecular complexity index is 554. The number of halogens is 1. The van der Waals surface area contributed by atoms with Crippen molar-refractivity contribution in [1.82, 2.24) is 10.1 Å². The summed E-state index contributed by atoms with van der Waals surface area (Å²) in [5.41, 5.74) is 6.82. The van der Waals surface area contributed by atoms with Gasteiger partial charge >= 0.3 is 0 Å². The lowest BCUT2D eigenvalue weighted by molar-refractivity contribution is 0.146. The van der Waals surface area contributed by atoms with Gasteiger partial charge in [0, 0.05) is 5.56 Å². The Morgan fingerprint density at radius 2 is 2.17 bits per heavy atom. The van der Waals surface area contributed by atoms with E-state index in [-0.39, 0.29) is 11.7 Å². The van der Waals surface area contributed by atoms with Gasteiger partial charge in [-0.2, -0.15) is 4.98 Å². The number of hydrogen-bond donors (Lipinski definition) is 2. The van der Waals surface area contributed by atoms with E-state index >= 15 is 0 Å². The van der Waals surface area contributed by atoms with Crippen LogP contribution in [0.3, 0.4) is 0 Å². The number of aliphatic hydroxyl groups is 1. The maximum atomic E-state index is 13.1. The molecular formula is C12H14FN3O2. The summed E-state index contributed by atoms with van der Waals surface area (Å²) in [4.78, 5) is 4.09. The monoisotopic (exact) mass is 251 g/mol. The Hall–Kier alpha value is -1.79. The van der Waals surface area contributed by atoms with Crippen LogP contribution in [0.25, 0.3) is 11.4 Å². The van der Waals surface area contributed by atoms with Gasteiger partial charge in [0.2, 0.25) is 11.7 Å².